The van der Waals surface area contributed by atoms with Crippen LogP contribution in [0.2, 0.25) is 0 Å². The fraction of sp³-hybridized carbons (Fsp3) is 0.308. The SMILES string of the molecule is Cc1cc(=O)oc2cc(N(C(C)C)C(C)C)ccc12.Cc1cc(=O)oc2cc(N)ccc12. The average Bonchev–Trinajstić information content (AvgIpc) is 2.67. The number of anilines is 2. The monoisotopic (exact) mass is 434 g/mol. The number of hydrogen-bond donors (Lipinski definition) is 1. The predicted octanol–water partition coefficient (Wildman–Crippen LogP) is 5.41. The molecule has 2 N–H and O–H groups in total. The Kier molecular flexibility index (Phi) is 6.72. The quantitative estimate of drug-likeness (QED) is 0.343. The van der Waals surface area contributed by atoms with Crippen LogP contribution in [0.25, 0.3) is 21.9 Å². The van der Waals surface area contributed by atoms with E-state index < -0.39 is 0 Å². The van der Waals surface area contributed by atoms with Gasteiger partial charge in [-0.2, -0.15) is 0 Å². The zero-order valence-electron chi connectivity index (χ0n) is 19.4. The molecule has 0 aliphatic carbocycles. The van der Waals surface area contributed by atoms with Crippen molar-refractivity contribution >= 4 is 33.3 Å². The number of nitrogen functional groups attached to an aromatic ring is 1. The summed E-state index contributed by atoms with van der Waals surface area (Å²) < 4.78 is 10.3. The third-order valence-electron chi connectivity index (χ3n) is 5.32. The lowest BCUT2D eigenvalue weighted by Gasteiger charge is -2.33. The molecular formula is C26H30N2O4. The maximum atomic E-state index is 11.5. The van der Waals surface area contributed by atoms with Gasteiger partial charge in [-0.15, -0.1) is 0 Å². The van der Waals surface area contributed by atoms with Gasteiger partial charge in [-0.25, -0.2) is 9.59 Å². The standard InChI is InChI=1S/C16H21NO2.C10H9NO2/c1-10(2)17(11(3)4)13-6-7-14-12(5)8-16(18)19-15(14)9-13;1-6-4-10(12)13-9-5-7(11)2-3-8(6)9/h6-11H,1-5H3;2-5H,11H2,1H3. The van der Waals surface area contributed by atoms with Gasteiger partial charge in [-0.3, -0.25) is 0 Å². The number of hydrogen-bond acceptors (Lipinski definition) is 6. The van der Waals surface area contributed by atoms with Crippen LogP contribution in [0.3, 0.4) is 0 Å². The van der Waals surface area contributed by atoms with E-state index in [1.165, 1.54) is 12.1 Å². The van der Waals surface area contributed by atoms with Crippen LogP contribution in [0.15, 0.2) is 67.0 Å². The number of nitrogens with zero attached hydrogens (tertiary/aromatic N) is 1. The van der Waals surface area contributed by atoms with Crippen molar-refractivity contribution in [2.45, 2.75) is 53.6 Å². The molecule has 32 heavy (non-hydrogen) atoms. The molecule has 2 aromatic carbocycles. The largest absolute Gasteiger partial charge is 0.423 e. The van der Waals surface area contributed by atoms with E-state index >= 15 is 0 Å². The lowest BCUT2D eigenvalue weighted by molar-refractivity contribution is 0.558. The maximum Gasteiger partial charge on any atom is 0.336 e. The van der Waals surface area contributed by atoms with Crippen molar-refractivity contribution in [2.75, 3.05) is 10.6 Å². The van der Waals surface area contributed by atoms with Crippen LogP contribution in [0.5, 0.6) is 0 Å². The van der Waals surface area contributed by atoms with Gasteiger partial charge in [0.25, 0.3) is 0 Å². The van der Waals surface area contributed by atoms with Gasteiger partial charge in [-0.05, 0) is 76.9 Å². The number of fused-ring (bicyclic) bond motifs is 2. The van der Waals surface area contributed by atoms with E-state index in [1.54, 1.807) is 12.1 Å². The van der Waals surface area contributed by atoms with Crippen LogP contribution in [-0.4, -0.2) is 12.1 Å². The van der Waals surface area contributed by atoms with Gasteiger partial charge in [0.15, 0.2) is 0 Å². The first-order valence-electron chi connectivity index (χ1n) is 10.7. The van der Waals surface area contributed by atoms with Gasteiger partial charge in [0.2, 0.25) is 0 Å². The second kappa shape index (κ2) is 9.30. The van der Waals surface area contributed by atoms with E-state index in [0.29, 0.717) is 28.9 Å². The summed E-state index contributed by atoms with van der Waals surface area (Å²) in [5, 5.41) is 1.92. The minimum atomic E-state index is -0.337. The highest BCUT2D eigenvalue weighted by Crippen LogP contribution is 2.26. The van der Waals surface area contributed by atoms with Crippen LogP contribution < -0.4 is 21.9 Å². The number of benzene rings is 2. The number of aryl methyl sites for hydroxylation is 2. The molecule has 2 aromatic heterocycles. The van der Waals surface area contributed by atoms with Crippen molar-refractivity contribution in [1.29, 1.82) is 0 Å². The molecule has 4 aromatic rings. The van der Waals surface area contributed by atoms with Gasteiger partial charge in [0.05, 0.1) is 0 Å². The van der Waals surface area contributed by atoms with Crippen LogP contribution in [-0.2, 0) is 0 Å². The van der Waals surface area contributed by atoms with Crippen molar-refractivity contribution in [3.63, 3.8) is 0 Å². The highest BCUT2D eigenvalue weighted by Gasteiger charge is 2.15. The van der Waals surface area contributed by atoms with E-state index in [9.17, 15) is 9.59 Å². The Hall–Kier alpha value is -3.54. The Labute approximate surface area is 187 Å². The zero-order valence-corrected chi connectivity index (χ0v) is 19.4. The summed E-state index contributed by atoms with van der Waals surface area (Å²) in [6, 6.07) is 15.2. The molecule has 6 nitrogen and oxygen atoms in total. The molecule has 0 radical (unpaired) electrons. The number of nitrogens with two attached hydrogens (primary N) is 1. The third-order valence-corrected chi connectivity index (χ3v) is 5.32. The second-order valence-corrected chi connectivity index (χ2v) is 8.53. The Bertz CT molecular complexity index is 1360. The Morgan fingerprint density at radius 2 is 1.19 bits per heavy atom. The summed E-state index contributed by atoms with van der Waals surface area (Å²) in [6.07, 6.45) is 0. The first-order chi connectivity index (χ1) is 15.1. The Morgan fingerprint density at radius 3 is 1.69 bits per heavy atom. The normalized spacial score (nSPS) is 11.1. The summed E-state index contributed by atoms with van der Waals surface area (Å²) in [5.74, 6) is 0. The van der Waals surface area contributed by atoms with Crippen LogP contribution in [0.4, 0.5) is 11.4 Å². The highest BCUT2D eigenvalue weighted by atomic mass is 16.4. The molecule has 2 heterocycles. The summed E-state index contributed by atoms with van der Waals surface area (Å²) in [6.45, 7) is 12.5. The van der Waals surface area contributed by atoms with E-state index in [0.717, 1.165) is 27.6 Å². The topological polar surface area (TPSA) is 89.7 Å². The summed E-state index contributed by atoms with van der Waals surface area (Å²) >= 11 is 0. The van der Waals surface area contributed by atoms with Gasteiger partial charge in [0, 0.05) is 58.5 Å². The third kappa shape index (κ3) is 5.02. The smallest absolute Gasteiger partial charge is 0.336 e. The van der Waals surface area contributed by atoms with E-state index in [-0.39, 0.29) is 11.3 Å². The molecule has 4 rings (SSSR count). The summed E-state index contributed by atoms with van der Waals surface area (Å²) in [7, 11) is 0. The fourth-order valence-corrected chi connectivity index (χ4v) is 4.01. The minimum Gasteiger partial charge on any atom is -0.423 e. The van der Waals surface area contributed by atoms with Crippen LogP contribution in [0, 0.1) is 13.8 Å². The molecule has 0 bridgehead atoms. The van der Waals surface area contributed by atoms with Crippen molar-refractivity contribution in [1.82, 2.24) is 0 Å². The van der Waals surface area contributed by atoms with Crippen molar-refractivity contribution in [3.05, 3.63) is 80.5 Å². The molecule has 0 aliphatic rings. The summed E-state index contributed by atoms with van der Waals surface area (Å²) in [4.78, 5) is 24.8. The molecular weight excluding hydrogens is 404 g/mol. The van der Waals surface area contributed by atoms with E-state index in [1.807, 2.05) is 32.0 Å². The summed E-state index contributed by atoms with van der Waals surface area (Å²) in [5.41, 5.74) is 9.70. The van der Waals surface area contributed by atoms with Crippen LogP contribution >= 0.6 is 0 Å². The molecule has 0 fully saturated rings. The van der Waals surface area contributed by atoms with E-state index in [2.05, 4.69) is 38.7 Å². The van der Waals surface area contributed by atoms with Crippen molar-refractivity contribution in [2.24, 2.45) is 0 Å². The van der Waals surface area contributed by atoms with Crippen molar-refractivity contribution < 1.29 is 8.83 Å². The van der Waals surface area contributed by atoms with Crippen molar-refractivity contribution in [3.8, 4) is 0 Å². The van der Waals surface area contributed by atoms with Gasteiger partial charge >= 0.3 is 11.3 Å². The Balaban J connectivity index is 0.000000193. The number of rotatable bonds is 3. The van der Waals surface area contributed by atoms with Gasteiger partial charge < -0.3 is 19.5 Å². The lowest BCUT2D eigenvalue weighted by atomic mass is 10.1. The first-order valence-corrected chi connectivity index (χ1v) is 10.7. The minimum absolute atomic E-state index is 0.289. The predicted molar refractivity (Wildman–Crippen MR) is 132 cm³/mol. The second-order valence-electron chi connectivity index (χ2n) is 8.53. The molecule has 0 spiro atoms. The van der Waals surface area contributed by atoms with E-state index in [4.69, 9.17) is 14.6 Å². The molecule has 6 heteroatoms. The fourth-order valence-electron chi connectivity index (χ4n) is 4.01. The maximum absolute atomic E-state index is 11.5. The average molecular weight is 435 g/mol. The molecule has 168 valence electrons. The Morgan fingerprint density at radius 1 is 0.719 bits per heavy atom. The van der Waals surface area contributed by atoms with Gasteiger partial charge in [-0.1, -0.05) is 0 Å². The lowest BCUT2D eigenvalue weighted by Crippen LogP contribution is -2.36. The van der Waals surface area contributed by atoms with Gasteiger partial charge in [0.1, 0.15) is 11.2 Å². The molecule has 0 saturated heterocycles. The molecule has 0 atom stereocenters. The molecule has 0 unspecified atom stereocenters. The molecule has 0 amide bonds. The highest BCUT2D eigenvalue weighted by molar-refractivity contribution is 5.84. The molecule has 0 aliphatic heterocycles. The van der Waals surface area contributed by atoms with Crippen LogP contribution in [0.1, 0.15) is 38.8 Å². The molecule has 0 saturated carbocycles. The zero-order chi connectivity index (χ0) is 23.6. The first kappa shape index (κ1) is 23.1.